The van der Waals surface area contributed by atoms with Crippen LogP contribution in [0, 0.1) is 0 Å². The van der Waals surface area contributed by atoms with Crippen LogP contribution in [-0.4, -0.2) is 16.7 Å². The minimum atomic E-state index is 0.440. The van der Waals surface area contributed by atoms with E-state index < -0.39 is 0 Å². The summed E-state index contributed by atoms with van der Waals surface area (Å²) in [4.78, 5) is 6.30. The van der Waals surface area contributed by atoms with Crippen LogP contribution in [0.2, 0.25) is 0 Å². The molecule has 1 heterocycles. The van der Waals surface area contributed by atoms with Gasteiger partial charge in [0.05, 0.1) is 0 Å². The summed E-state index contributed by atoms with van der Waals surface area (Å²) >= 11 is 0. The molecule has 0 aromatic carbocycles. The molecule has 0 spiro atoms. The van der Waals surface area contributed by atoms with Crippen LogP contribution in [0.1, 0.15) is 20.8 Å². The van der Waals surface area contributed by atoms with Gasteiger partial charge in [-0.1, -0.05) is 6.58 Å². The number of allylic oxidation sites excluding steroid dienone is 1. The van der Waals surface area contributed by atoms with Crippen LogP contribution in [0.5, 0.6) is 0 Å². The SMILES string of the molecule is C=C1N=C(C)C=CN1C(C)C. The fourth-order valence-corrected chi connectivity index (χ4v) is 1.04. The van der Waals surface area contributed by atoms with Gasteiger partial charge < -0.3 is 4.90 Å². The summed E-state index contributed by atoms with van der Waals surface area (Å²) in [7, 11) is 0. The van der Waals surface area contributed by atoms with E-state index in [1.54, 1.807) is 0 Å². The van der Waals surface area contributed by atoms with Crippen LogP contribution in [0.4, 0.5) is 0 Å². The Hall–Kier alpha value is -1.05. The summed E-state index contributed by atoms with van der Waals surface area (Å²) in [5, 5.41) is 0. The maximum absolute atomic E-state index is 4.25. The van der Waals surface area contributed by atoms with Crippen molar-refractivity contribution in [3.63, 3.8) is 0 Å². The average molecular weight is 150 g/mol. The molecule has 1 rings (SSSR count). The molecule has 2 nitrogen and oxygen atoms in total. The first-order valence-electron chi connectivity index (χ1n) is 3.82. The van der Waals surface area contributed by atoms with E-state index in [4.69, 9.17) is 0 Å². The third kappa shape index (κ3) is 1.70. The Morgan fingerprint density at radius 2 is 2.18 bits per heavy atom. The molecule has 0 radical (unpaired) electrons. The van der Waals surface area contributed by atoms with E-state index in [9.17, 15) is 0 Å². The van der Waals surface area contributed by atoms with Crippen molar-refractivity contribution in [2.75, 3.05) is 0 Å². The minimum Gasteiger partial charge on any atom is -0.331 e. The van der Waals surface area contributed by atoms with Crippen LogP contribution in [-0.2, 0) is 0 Å². The van der Waals surface area contributed by atoms with Crippen molar-refractivity contribution >= 4 is 5.71 Å². The molecule has 0 aromatic heterocycles. The lowest BCUT2D eigenvalue weighted by atomic mass is 10.3. The molecule has 0 saturated heterocycles. The summed E-state index contributed by atoms with van der Waals surface area (Å²) in [6.07, 6.45) is 4.02. The highest BCUT2D eigenvalue weighted by Gasteiger charge is 2.10. The van der Waals surface area contributed by atoms with E-state index >= 15 is 0 Å². The Bertz CT molecular complexity index is 224. The Morgan fingerprint density at radius 1 is 1.55 bits per heavy atom. The largest absolute Gasteiger partial charge is 0.331 e. The molecule has 0 aromatic rings. The molecule has 0 bridgehead atoms. The number of hydrogen-bond acceptors (Lipinski definition) is 2. The van der Waals surface area contributed by atoms with Gasteiger partial charge in [-0.3, -0.25) is 0 Å². The molecule has 1 aliphatic heterocycles. The number of nitrogens with zero attached hydrogens (tertiary/aromatic N) is 2. The Kier molecular flexibility index (Phi) is 2.13. The maximum Gasteiger partial charge on any atom is 0.125 e. The first kappa shape index (κ1) is 8.05. The van der Waals surface area contributed by atoms with Gasteiger partial charge in [-0.25, -0.2) is 4.99 Å². The predicted molar refractivity (Wildman–Crippen MR) is 48.4 cm³/mol. The second kappa shape index (κ2) is 2.91. The van der Waals surface area contributed by atoms with Crippen molar-refractivity contribution in [1.29, 1.82) is 0 Å². The fourth-order valence-electron chi connectivity index (χ4n) is 1.04. The van der Waals surface area contributed by atoms with Gasteiger partial charge in [0.25, 0.3) is 0 Å². The van der Waals surface area contributed by atoms with Crippen molar-refractivity contribution in [2.24, 2.45) is 4.99 Å². The van der Waals surface area contributed by atoms with Gasteiger partial charge in [0, 0.05) is 18.0 Å². The van der Waals surface area contributed by atoms with Crippen LogP contribution in [0.3, 0.4) is 0 Å². The number of aliphatic imine (C=N–C) groups is 1. The van der Waals surface area contributed by atoms with E-state index in [-0.39, 0.29) is 0 Å². The van der Waals surface area contributed by atoms with Gasteiger partial charge in [0.1, 0.15) is 5.82 Å². The van der Waals surface area contributed by atoms with Crippen molar-refractivity contribution < 1.29 is 0 Å². The second-order valence-electron chi connectivity index (χ2n) is 2.99. The van der Waals surface area contributed by atoms with Gasteiger partial charge in [-0.2, -0.15) is 0 Å². The van der Waals surface area contributed by atoms with Gasteiger partial charge in [-0.15, -0.1) is 0 Å². The zero-order chi connectivity index (χ0) is 8.43. The van der Waals surface area contributed by atoms with E-state index in [1.165, 1.54) is 0 Å². The van der Waals surface area contributed by atoms with E-state index in [0.717, 1.165) is 11.5 Å². The lowest BCUT2D eigenvalue weighted by Gasteiger charge is -2.26. The maximum atomic E-state index is 4.25. The quantitative estimate of drug-likeness (QED) is 0.559. The van der Waals surface area contributed by atoms with Crippen LogP contribution in [0.15, 0.2) is 29.7 Å². The van der Waals surface area contributed by atoms with Crippen molar-refractivity contribution in [3.8, 4) is 0 Å². The Morgan fingerprint density at radius 3 is 2.64 bits per heavy atom. The third-order valence-corrected chi connectivity index (χ3v) is 1.64. The van der Waals surface area contributed by atoms with E-state index in [1.807, 2.05) is 24.1 Å². The van der Waals surface area contributed by atoms with E-state index in [2.05, 4.69) is 25.4 Å². The molecule has 0 N–H and O–H groups in total. The summed E-state index contributed by atoms with van der Waals surface area (Å²) in [6.45, 7) is 10.1. The van der Waals surface area contributed by atoms with E-state index in [0.29, 0.717) is 6.04 Å². The minimum absolute atomic E-state index is 0.440. The third-order valence-electron chi connectivity index (χ3n) is 1.64. The zero-order valence-corrected chi connectivity index (χ0v) is 7.33. The summed E-state index contributed by atoms with van der Waals surface area (Å²) < 4.78 is 0. The second-order valence-corrected chi connectivity index (χ2v) is 2.99. The summed E-state index contributed by atoms with van der Waals surface area (Å²) in [5.41, 5.74) is 1.02. The lowest BCUT2D eigenvalue weighted by molar-refractivity contribution is 0.380. The fraction of sp³-hybridized carbons (Fsp3) is 0.444. The average Bonchev–Trinajstić information content (AvgIpc) is 1.85. The molecule has 1 aliphatic rings. The zero-order valence-electron chi connectivity index (χ0n) is 7.33. The van der Waals surface area contributed by atoms with Gasteiger partial charge >= 0.3 is 0 Å². The highest BCUT2D eigenvalue weighted by Crippen LogP contribution is 2.13. The Labute approximate surface area is 67.9 Å². The first-order chi connectivity index (χ1) is 5.11. The topological polar surface area (TPSA) is 15.6 Å². The monoisotopic (exact) mass is 150 g/mol. The van der Waals surface area contributed by atoms with Crippen molar-refractivity contribution in [3.05, 3.63) is 24.7 Å². The predicted octanol–water partition coefficient (Wildman–Crippen LogP) is 2.16. The first-order valence-corrected chi connectivity index (χ1v) is 3.82. The van der Waals surface area contributed by atoms with Gasteiger partial charge in [0.2, 0.25) is 0 Å². The van der Waals surface area contributed by atoms with Crippen molar-refractivity contribution in [1.82, 2.24) is 4.90 Å². The number of rotatable bonds is 1. The standard InChI is InChI=1S/C9H14N2/c1-7(2)11-6-5-8(3)10-9(11)4/h5-7H,4H2,1-3H3. The molecule has 0 fully saturated rings. The molecule has 2 heteroatoms. The highest BCUT2D eigenvalue weighted by atomic mass is 15.2. The van der Waals surface area contributed by atoms with Crippen LogP contribution in [0.25, 0.3) is 0 Å². The van der Waals surface area contributed by atoms with Crippen LogP contribution >= 0.6 is 0 Å². The molecular formula is C9H14N2. The molecule has 0 unspecified atom stereocenters. The van der Waals surface area contributed by atoms with Gasteiger partial charge in [-0.05, 0) is 26.8 Å². The molecule has 0 saturated carbocycles. The number of hydrogen-bond donors (Lipinski definition) is 0. The molecular weight excluding hydrogens is 136 g/mol. The molecule has 60 valence electrons. The molecule has 11 heavy (non-hydrogen) atoms. The molecule has 0 atom stereocenters. The van der Waals surface area contributed by atoms with Gasteiger partial charge in [0.15, 0.2) is 0 Å². The smallest absolute Gasteiger partial charge is 0.125 e. The Balaban J connectivity index is 2.77. The molecule has 0 aliphatic carbocycles. The normalized spacial score (nSPS) is 17.6. The summed E-state index contributed by atoms with van der Waals surface area (Å²) in [6, 6.07) is 0.440. The highest BCUT2D eigenvalue weighted by molar-refractivity contribution is 5.94. The lowest BCUT2D eigenvalue weighted by Crippen LogP contribution is -2.25. The van der Waals surface area contributed by atoms with Crippen molar-refractivity contribution in [2.45, 2.75) is 26.8 Å². The summed E-state index contributed by atoms with van der Waals surface area (Å²) in [5.74, 6) is 0.833. The van der Waals surface area contributed by atoms with Crippen LogP contribution < -0.4 is 0 Å². The molecule has 0 amide bonds.